The Kier molecular flexibility index (Phi) is 6.10. The molecule has 1 amide bonds. The SMILES string of the molecule is CN(C(=O)OC(C)(C)C)[C@@H](Cc1cc(Cl)cnc1-c1cnn(C)c1)C(=O)O. The lowest BCUT2D eigenvalue weighted by atomic mass is 10.0. The van der Waals surface area contributed by atoms with Gasteiger partial charge in [0, 0.05) is 38.5 Å². The van der Waals surface area contributed by atoms with E-state index in [2.05, 4.69) is 10.1 Å². The summed E-state index contributed by atoms with van der Waals surface area (Å²) in [5, 5.41) is 14.2. The Morgan fingerprint density at radius 3 is 2.56 bits per heavy atom. The number of carboxylic acid groups (broad SMARTS) is 1. The zero-order valence-corrected chi connectivity index (χ0v) is 16.7. The number of ether oxygens (including phenoxy) is 1. The highest BCUT2D eigenvalue weighted by molar-refractivity contribution is 6.30. The molecule has 27 heavy (non-hydrogen) atoms. The Morgan fingerprint density at radius 1 is 1.37 bits per heavy atom. The number of hydrogen-bond acceptors (Lipinski definition) is 5. The minimum atomic E-state index is -1.15. The molecule has 0 aliphatic heterocycles. The first-order chi connectivity index (χ1) is 12.5. The third-order valence-electron chi connectivity index (χ3n) is 3.76. The zero-order valence-electron chi connectivity index (χ0n) is 15.9. The first-order valence-electron chi connectivity index (χ1n) is 8.30. The van der Waals surface area contributed by atoms with Gasteiger partial charge in [0.2, 0.25) is 0 Å². The largest absolute Gasteiger partial charge is 0.480 e. The molecule has 0 saturated heterocycles. The molecule has 2 heterocycles. The van der Waals surface area contributed by atoms with E-state index in [1.165, 1.54) is 13.2 Å². The molecule has 2 aromatic heterocycles. The van der Waals surface area contributed by atoms with Gasteiger partial charge in [-0.1, -0.05) is 11.6 Å². The van der Waals surface area contributed by atoms with Crippen LogP contribution >= 0.6 is 11.6 Å². The number of aryl methyl sites for hydroxylation is 1. The molecule has 9 heteroatoms. The van der Waals surface area contributed by atoms with Gasteiger partial charge in [-0.25, -0.2) is 9.59 Å². The van der Waals surface area contributed by atoms with Crippen LogP contribution in [0.1, 0.15) is 26.3 Å². The quantitative estimate of drug-likeness (QED) is 0.837. The molecule has 2 rings (SSSR count). The monoisotopic (exact) mass is 394 g/mol. The predicted octanol–water partition coefficient (Wildman–Crippen LogP) is 3.00. The smallest absolute Gasteiger partial charge is 0.410 e. The van der Waals surface area contributed by atoms with Crippen LogP contribution in [0.5, 0.6) is 0 Å². The lowest BCUT2D eigenvalue weighted by Crippen LogP contribution is -2.46. The van der Waals surface area contributed by atoms with Crippen LogP contribution in [0.3, 0.4) is 0 Å². The molecule has 0 aliphatic carbocycles. The minimum Gasteiger partial charge on any atom is -0.480 e. The second-order valence-electron chi connectivity index (χ2n) is 7.21. The third-order valence-corrected chi connectivity index (χ3v) is 3.97. The molecule has 0 fully saturated rings. The number of amides is 1. The number of aromatic nitrogens is 3. The molecule has 1 N–H and O–H groups in total. The molecule has 0 aliphatic rings. The van der Waals surface area contributed by atoms with E-state index in [1.807, 2.05) is 0 Å². The summed E-state index contributed by atoms with van der Waals surface area (Å²) >= 11 is 6.07. The lowest BCUT2D eigenvalue weighted by molar-refractivity contribution is -0.142. The highest BCUT2D eigenvalue weighted by Gasteiger charge is 2.31. The van der Waals surface area contributed by atoms with Gasteiger partial charge >= 0.3 is 12.1 Å². The van der Waals surface area contributed by atoms with E-state index in [0.29, 0.717) is 16.3 Å². The van der Waals surface area contributed by atoms with Crippen LogP contribution in [0, 0.1) is 0 Å². The Morgan fingerprint density at radius 2 is 2.04 bits per heavy atom. The van der Waals surface area contributed by atoms with Crippen molar-refractivity contribution in [3.8, 4) is 11.3 Å². The van der Waals surface area contributed by atoms with Crippen LogP contribution in [0.4, 0.5) is 4.79 Å². The van der Waals surface area contributed by atoms with Crippen molar-refractivity contribution in [1.82, 2.24) is 19.7 Å². The van der Waals surface area contributed by atoms with E-state index in [4.69, 9.17) is 16.3 Å². The number of hydrogen-bond donors (Lipinski definition) is 1. The minimum absolute atomic E-state index is 0.0167. The Bertz CT molecular complexity index is 844. The number of nitrogens with zero attached hydrogens (tertiary/aromatic N) is 4. The predicted molar refractivity (Wildman–Crippen MR) is 101 cm³/mol. The van der Waals surface area contributed by atoms with Gasteiger partial charge in [-0.05, 0) is 32.4 Å². The van der Waals surface area contributed by atoms with Crippen LogP contribution in [0.15, 0.2) is 24.7 Å². The van der Waals surface area contributed by atoms with Gasteiger partial charge in [0.25, 0.3) is 0 Å². The van der Waals surface area contributed by atoms with Gasteiger partial charge < -0.3 is 9.84 Å². The second-order valence-corrected chi connectivity index (χ2v) is 7.65. The molecular weight excluding hydrogens is 372 g/mol. The van der Waals surface area contributed by atoms with Gasteiger partial charge in [-0.3, -0.25) is 14.6 Å². The highest BCUT2D eigenvalue weighted by atomic mass is 35.5. The second kappa shape index (κ2) is 7.96. The van der Waals surface area contributed by atoms with Crippen LogP contribution < -0.4 is 0 Å². The lowest BCUT2D eigenvalue weighted by Gasteiger charge is -2.28. The van der Waals surface area contributed by atoms with Gasteiger partial charge in [-0.2, -0.15) is 5.10 Å². The number of aliphatic carboxylic acids is 1. The van der Waals surface area contributed by atoms with Crippen molar-refractivity contribution in [1.29, 1.82) is 0 Å². The molecule has 0 unspecified atom stereocenters. The summed E-state index contributed by atoms with van der Waals surface area (Å²) < 4.78 is 6.90. The van der Waals surface area contributed by atoms with E-state index in [-0.39, 0.29) is 6.42 Å². The van der Waals surface area contributed by atoms with Crippen molar-refractivity contribution >= 4 is 23.7 Å². The maximum absolute atomic E-state index is 12.3. The number of carboxylic acids is 1. The molecule has 2 aromatic rings. The zero-order chi connectivity index (χ0) is 20.4. The van der Waals surface area contributed by atoms with Crippen molar-refractivity contribution in [2.75, 3.05) is 7.05 Å². The van der Waals surface area contributed by atoms with E-state index in [1.54, 1.807) is 51.0 Å². The first kappa shape index (κ1) is 20.7. The maximum Gasteiger partial charge on any atom is 0.410 e. The van der Waals surface area contributed by atoms with Gasteiger partial charge in [-0.15, -0.1) is 0 Å². The van der Waals surface area contributed by atoms with Gasteiger partial charge in [0.1, 0.15) is 11.6 Å². The van der Waals surface area contributed by atoms with Crippen molar-refractivity contribution in [3.05, 3.63) is 35.2 Å². The summed E-state index contributed by atoms with van der Waals surface area (Å²) in [5.41, 5.74) is 1.16. The average molecular weight is 395 g/mol. The number of carbonyl (C=O) groups is 2. The Balaban J connectivity index is 2.35. The molecule has 0 spiro atoms. The fraction of sp³-hybridized carbons (Fsp3) is 0.444. The van der Waals surface area contributed by atoms with E-state index in [9.17, 15) is 14.7 Å². The van der Waals surface area contributed by atoms with Crippen molar-refractivity contribution in [2.45, 2.75) is 38.8 Å². The van der Waals surface area contributed by atoms with E-state index >= 15 is 0 Å². The average Bonchev–Trinajstić information content (AvgIpc) is 2.96. The molecule has 0 saturated carbocycles. The highest BCUT2D eigenvalue weighted by Crippen LogP contribution is 2.26. The molecule has 8 nitrogen and oxygen atoms in total. The summed E-state index contributed by atoms with van der Waals surface area (Å²) in [6, 6.07) is 0.506. The summed E-state index contributed by atoms with van der Waals surface area (Å²) in [6.07, 6.45) is 4.19. The van der Waals surface area contributed by atoms with E-state index < -0.39 is 23.7 Å². The molecular formula is C18H23ClN4O4. The maximum atomic E-state index is 12.3. The number of carbonyl (C=O) groups excluding carboxylic acids is 1. The number of pyridine rings is 1. The van der Waals surface area contributed by atoms with Crippen LogP contribution in [0.2, 0.25) is 5.02 Å². The third kappa shape index (κ3) is 5.43. The van der Waals surface area contributed by atoms with Crippen LogP contribution in [-0.2, 0) is 23.0 Å². The normalized spacial score (nSPS) is 12.5. The topological polar surface area (TPSA) is 97.6 Å². The summed E-state index contributed by atoms with van der Waals surface area (Å²) in [4.78, 5) is 29.5. The fourth-order valence-corrected chi connectivity index (χ4v) is 2.68. The standard InChI is InChI=1S/C18H23ClN4O4/c1-18(2,3)27-17(26)23(5)14(16(24)25)7-11-6-13(19)9-20-15(11)12-8-21-22(4)10-12/h6,8-10,14H,7H2,1-5H3,(H,24,25)/t14-/m0/s1. The van der Waals surface area contributed by atoms with Gasteiger partial charge in [0.15, 0.2) is 0 Å². The number of likely N-dealkylation sites (N-methyl/N-ethyl adjacent to an activating group) is 1. The van der Waals surface area contributed by atoms with E-state index in [0.717, 1.165) is 10.5 Å². The van der Waals surface area contributed by atoms with Crippen LogP contribution in [-0.4, -0.2) is 55.5 Å². The van der Waals surface area contributed by atoms with Crippen molar-refractivity contribution in [3.63, 3.8) is 0 Å². The Labute approximate surface area is 162 Å². The van der Waals surface area contributed by atoms with Crippen molar-refractivity contribution in [2.24, 2.45) is 7.05 Å². The van der Waals surface area contributed by atoms with Gasteiger partial charge in [0.05, 0.1) is 16.9 Å². The fourth-order valence-electron chi connectivity index (χ4n) is 2.50. The molecule has 0 radical (unpaired) electrons. The summed E-state index contributed by atoms with van der Waals surface area (Å²) in [7, 11) is 3.17. The summed E-state index contributed by atoms with van der Waals surface area (Å²) in [5.74, 6) is -1.15. The molecule has 0 aromatic carbocycles. The molecule has 0 bridgehead atoms. The number of halogens is 1. The Hall–Kier alpha value is -2.61. The summed E-state index contributed by atoms with van der Waals surface area (Å²) in [6.45, 7) is 5.15. The number of rotatable bonds is 5. The van der Waals surface area contributed by atoms with Crippen molar-refractivity contribution < 1.29 is 19.4 Å². The molecule has 146 valence electrons. The van der Waals surface area contributed by atoms with Crippen LogP contribution in [0.25, 0.3) is 11.3 Å². The molecule has 1 atom stereocenters. The first-order valence-corrected chi connectivity index (χ1v) is 8.68.